The molecule has 0 aromatic rings. The summed E-state index contributed by atoms with van der Waals surface area (Å²) in [5, 5.41) is 8.72. The molecule has 0 spiro atoms. The number of carbonyl (C=O) groups is 2. The number of hydrogen-bond acceptors (Lipinski definition) is 2. The van der Waals surface area contributed by atoms with E-state index >= 15 is 0 Å². The second-order valence-corrected chi connectivity index (χ2v) is 5.54. The summed E-state index contributed by atoms with van der Waals surface area (Å²) in [6.07, 6.45) is -4.14. The van der Waals surface area contributed by atoms with E-state index in [4.69, 9.17) is 5.11 Å². The molecular weight excluding hydrogens is 263 g/mol. The fourth-order valence-corrected chi connectivity index (χ4v) is 2.16. The van der Waals surface area contributed by atoms with Gasteiger partial charge < -0.3 is 10.0 Å². The molecule has 1 atom stereocenters. The number of nitrogens with zero attached hydrogens (tertiary/aromatic N) is 1. The molecule has 1 aliphatic rings. The first-order chi connectivity index (χ1) is 8.54. The van der Waals surface area contributed by atoms with Crippen molar-refractivity contribution in [3.8, 4) is 0 Å². The summed E-state index contributed by atoms with van der Waals surface area (Å²) < 4.78 is 38.2. The second-order valence-electron chi connectivity index (χ2n) is 5.54. The number of rotatable bonds is 4. The van der Waals surface area contributed by atoms with Crippen LogP contribution in [0.3, 0.4) is 0 Å². The van der Waals surface area contributed by atoms with Crippen molar-refractivity contribution in [2.75, 3.05) is 6.54 Å². The molecule has 1 heterocycles. The van der Waals surface area contributed by atoms with Crippen LogP contribution in [0.25, 0.3) is 0 Å². The third kappa shape index (κ3) is 3.84. The summed E-state index contributed by atoms with van der Waals surface area (Å²) in [6, 6.07) is -0.478. The Bertz CT molecular complexity index is 366. The number of carboxylic acids is 1. The van der Waals surface area contributed by atoms with Crippen LogP contribution in [0.2, 0.25) is 0 Å². The molecule has 1 saturated heterocycles. The fourth-order valence-electron chi connectivity index (χ4n) is 2.16. The van der Waals surface area contributed by atoms with E-state index in [1.807, 2.05) is 0 Å². The van der Waals surface area contributed by atoms with Gasteiger partial charge in [0, 0.05) is 19.0 Å². The Kier molecular flexibility index (Phi) is 4.47. The van der Waals surface area contributed by atoms with E-state index in [2.05, 4.69) is 0 Å². The molecular formula is C12H18F3NO3. The highest BCUT2D eigenvalue weighted by molar-refractivity contribution is 5.78. The highest BCUT2D eigenvalue weighted by Gasteiger charge is 2.49. The summed E-state index contributed by atoms with van der Waals surface area (Å²) in [7, 11) is 0. The SMILES string of the molecule is CC(C)(CC(=O)N1CCCC1CC(=O)O)C(F)(F)F. The number of halogens is 3. The Morgan fingerprint density at radius 1 is 1.32 bits per heavy atom. The smallest absolute Gasteiger partial charge is 0.394 e. The molecule has 0 saturated carbocycles. The van der Waals surface area contributed by atoms with Gasteiger partial charge in [0.2, 0.25) is 5.91 Å². The maximum absolute atomic E-state index is 12.7. The van der Waals surface area contributed by atoms with E-state index in [9.17, 15) is 22.8 Å². The lowest BCUT2D eigenvalue weighted by Gasteiger charge is -2.31. The molecule has 1 N–H and O–H groups in total. The van der Waals surface area contributed by atoms with Crippen LogP contribution >= 0.6 is 0 Å². The first kappa shape index (κ1) is 15.8. The summed E-state index contributed by atoms with van der Waals surface area (Å²) in [5.41, 5.74) is -2.10. The molecule has 0 radical (unpaired) electrons. The molecule has 0 aromatic carbocycles. The predicted octanol–water partition coefficient (Wildman–Crippen LogP) is 2.43. The van der Waals surface area contributed by atoms with E-state index in [0.29, 0.717) is 19.4 Å². The van der Waals surface area contributed by atoms with Crippen LogP contribution in [0, 0.1) is 5.41 Å². The molecule has 0 bridgehead atoms. The Balaban J connectivity index is 2.70. The molecule has 4 nitrogen and oxygen atoms in total. The third-order valence-corrected chi connectivity index (χ3v) is 3.47. The minimum Gasteiger partial charge on any atom is -0.481 e. The van der Waals surface area contributed by atoms with Crippen LogP contribution in [0.15, 0.2) is 0 Å². The number of aliphatic carboxylic acids is 1. The van der Waals surface area contributed by atoms with Gasteiger partial charge in [0.05, 0.1) is 11.8 Å². The number of amides is 1. The maximum Gasteiger partial charge on any atom is 0.394 e. The van der Waals surface area contributed by atoms with Crippen LogP contribution in [0.4, 0.5) is 13.2 Å². The van der Waals surface area contributed by atoms with E-state index in [1.165, 1.54) is 4.90 Å². The van der Waals surface area contributed by atoms with Gasteiger partial charge in [-0.25, -0.2) is 0 Å². The first-order valence-corrected chi connectivity index (χ1v) is 6.12. The number of alkyl halides is 3. The molecule has 1 fully saturated rings. The van der Waals surface area contributed by atoms with Crippen LogP contribution in [0.1, 0.15) is 39.5 Å². The Morgan fingerprint density at radius 3 is 2.37 bits per heavy atom. The normalized spacial score (nSPS) is 20.7. The molecule has 7 heteroatoms. The Morgan fingerprint density at radius 2 is 1.89 bits per heavy atom. The van der Waals surface area contributed by atoms with Crippen LogP contribution in [-0.2, 0) is 9.59 Å². The van der Waals surface area contributed by atoms with Gasteiger partial charge >= 0.3 is 12.1 Å². The zero-order chi connectivity index (χ0) is 14.8. The van der Waals surface area contributed by atoms with Crippen molar-refractivity contribution in [3.63, 3.8) is 0 Å². The molecule has 1 unspecified atom stereocenters. The lowest BCUT2D eigenvalue weighted by molar-refractivity contribution is -0.215. The fraction of sp³-hybridized carbons (Fsp3) is 0.833. The van der Waals surface area contributed by atoms with Gasteiger partial charge in [0.25, 0.3) is 0 Å². The standard InChI is InChI=1S/C12H18F3NO3/c1-11(2,12(13,14)15)7-9(17)16-5-3-4-8(16)6-10(18)19/h8H,3-7H2,1-2H3,(H,18,19). The number of hydrogen-bond donors (Lipinski definition) is 1. The van der Waals surface area contributed by atoms with Gasteiger partial charge in [-0.3, -0.25) is 9.59 Å². The van der Waals surface area contributed by atoms with Crippen LogP contribution in [-0.4, -0.2) is 40.6 Å². The topological polar surface area (TPSA) is 57.6 Å². The largest absolute Gasteiger partial charge is 0.481 e. The molecule has 110 valence electrons. The molecule has 1 aliphatic heterocycles. The van der Waals surface area contributed by atoms with E-state index in [0.717, 1.165) is 13.8 Å². The monoisotopic (exact) mass is 281 g/mol. The van der Waals surface area contributed by atoms with Crippen LogP contribution in [0.5, 0.6) is 0 Å². The van der Waals surface area contributed by atoms with Gasteiger partial charge in [0.1, 0.15) is 0 Å². The van der Waals surface area contributed by atoms with Gasteiger partial charge in [-0.1, -0.05) is 13.8 Å². The van der Waals surface area contributed by atoms with Crippen molar-refractivity contribution in [2.24, 2.45) is 5.41 Å². The maximum atomic E-state index is 12.7. The van der Waals surface area contributed by atoms with E-state index in [1.54, 1.807) is 0 Å². The lowest BCUT2D eigenvalue weighted by atomic mass is 9.88. The zero-order valence-electron chi connectivity index (χ0n) is 11.0. The number of carbonyl (C=O) groups excluding carboxylic acids is 1. The number of carboxylic acid groups (broad SMARTS) is 1. The Hall–Kier alpha value is -1.27. The minimum absolute atomic E-state index is 0.210. The minimum atomic E-state index is -4.45. The second kappa shape index (κ2) is 5.38. The van der Waals surface area contributed by atoms with Gasteiger partial charge in [0.15, 0.2) is 0 Å². The average molecular weight is 281 g/mol. The molecule has 19 heavy (non-hydrogen) atoms. The quantitative estimate of drug-likeness (QED) is 0.861. The van der Waals surface area contributed by atoms with Gasteiger partial charge in [-0.05, 0) is 12.8 Å². The van der Waals surface area contributed by atoms with Crippen LogP contribution < -0.4 is 0 Å². The van der Waals surface area contributed by atoms with Crippen molar-refractivity contribution >= 4 is 11.9 Å². The molecule has 1 amide bonds. The predicted molar refractivity (Wildman–Crippen MR) is 61.4 cm³/mol. The van der Waals surface area contributed by atoms with Crippen molar-refractivity contribution in [1.82, 2.24) is 4.90 Å². The number of likely N-dealkylation sites (tertiary alicyclic amines) is 1. The van der Waals surface area contributed by atoms with Crippen molar-refractivity contribution < 1.29 is 27.9 Å². The summed E-state index contributed by atoms with van der Waals surface area (Å²) >= 11 is 0. The van der Waals surface area contributed by atoms with Crippen molar-refractivity contribution in [2.45, 2.75) is 51.7 Å². The molecule has 1 rings (SSSR count). The van der Waals surface area contributed by atoms with Crippen molar-refractivity contribution in [3.05, 3.63) is 0 Å². The van der Waals surface area contributed by atoms with E-state index in [-0.39, 0.29) is 6.42 Å². The summed E-state index contributed by atoms with van der Waals surface area (Å²) in [4.78, 5) is 23.9. The van der Waals surface area contributed by atoms with E-state index < -0.39 is 35.9 Å². The summed E-state index contributed by atoms with van der Waals surface area (Å²) in [5.74, 6) is -1.66. The Labute approximate surface area is 109 Å². The highest BCUT2D eigenvalue weighted by Crippen LogP contribution is 2.41. The zero-order valence-corrected chi connectivity index (χ0v) is 11.0. The van der Waals surface area contributed by atoms with Crippen molar-refractivity contribution in [1.29, 1.82) is 0 Å². The average Bonchev–Trinajstić information content (AvgIpc) is 2.62. The third-order valence-electron chi connectivity index (χ3n) is 3.47. The first-order valence-electron chi connectivity index (χ1n) is 6.12. The highest BCUT2D eigenvalue weighted by atomic mass is 19.4. The molecule has 0 aromatic heterocycles. The summed E-state index contributed by atoms with van der Waals surface area (Å²) in [6.45, 7) is 2.30. The molecule has 0 aliphatic carbocycles. The van der Waals surface area contributed by atoms with Gasteiger partial charge in [-0.15, -0.1) is 0 Å². The lowest BCUT2D eigenvalue weighted by Crippen LogP contribution is -2.42. The van der Waals surface area contributed by atoms with Gasteiger partial charge in [-0.2, -0.15) is 13.2 Å².